The molecule has 0 saturated carbocycles. The number of aliphatic hydroxyl groups excluding tert-OH is 4. The number of nitrogens with zero attached hydrogens (tertiary/aromatic N) is 1. The zero-order chi connectivity index (χ0) is 20.3. The van der Waals surface area contributed by atoms with Gasteiger partial charge in [-0.1, -0.05) is 0 Å². The lowest BCUT2D eigenvalue weighted by molar-refractivity contribution is -0.201. The molecule has 0 saturated heterocycles. The molecule has 1 aromatic carbocycles. The van der Waals surface area contributed by atoms with Crippen LogP contribution in [0.2, 0.25) is 0 Å². The molecule has 1 aliphatic carbocycles. The first kappa shape index (κ1) is 20.2. The van der Waals surface area contributed by atoms with E-state index < -0.39 is 31.2 Å². The third-order valence-corrected chi connectivity index (χ3v) is 4.06. The molecule has 0 fully saturated rings. The Morgan fingerprint density at radius 1 is 1.11 bits per heavy atom. The number of hydrogen-bond acceptors (Lipinski definition) is 9. The summed E-state index contributed by atoms with van der Waals surface area (Å²) >= 11 is 0. The van der Waals surface area contributed by atoms with Gasteiger partial charge in [0.15, 0.2) is 16.8 Å². The van der Waals surface area contributed by atoms with Crippen LogP contribution in [0.1, 0.15) is 6.92 Å². The normalized spacial score (nSPS) is 16.0. The van der Waals surface area contributed by atoms with Gasteiger partial charge in [-0.3, -0.25) is 4.79 Å². The third-order valence-electron chi connectivity index (χ3n) is 4.06. The van der Waals surface area contributed by atoms with Crippen LogP contribution in [0, 0.1) is 0 Å². The van der Waals surface area contributed by atoms with Crippen LogP contribution in [0.25, 0.3) is 22.6 Å². The highest BCUT2D eigenvalue weighted by Gasteiger charge is 2.30. The maximum Gasteiger partial charge on any atom is 0.229 e. The van der Waals surface area contributed by atoms with E-state index in [1.807, 2.05) is 0 Å². The van der Waals surface area contributed by atoms with Crippen molar-refractivity contribution in [3.63, 3.8) is 0 Å². The van der Waals surface area contributed by atoms with Gasteiger partial charge < -0.3 is 34.3 Å². The summed E-state index contributed by atoms with van der Waals surface area (Å²) in [5.74, 6) is 0.546. The second-order valence-electron chi connectivity index (χ2n) is 6.33. The quantitative estimate of drug-likeness (QED) is 0.311. The third kappa shape index (κ3) is 4.46. The lowest BCUT2D eigenvalue weighted by atomic mass is 10.2. The smallest absolute Gasteiger partial charge is 0.229 e. The first-order chi connectivity index (χ1) is 13.4. The van der Waals surface area contributed by atoms with Crippen molar-refractivity contribution < 1.29 is 34.3 Å². The predicted octanol–water partition coefficient (Wildman–Crippen LogP) is 0.109. The number of aromatic nitrogens is 1. The van der Waals surface area contributed by atoms with E-state index in [4.69, 9.17) is 24.1 Å². The van der Waals surface area contributed by atoms with Gasteiger partial charge in [-0.15, -0.1) is 0 Å². The molecule has 4 N–H and O–H groups in total. The average molecular weight is 391 g/mol. The van der Waals surface area contributed by atoms with Crippen LogP contribution >= 0.6 is 0 Å². The first-order valence-corrected chi connectivity index (χ1v) is 8.66. The first-order valence-electron chi connectivity index (χ1n) is 8.66. The summed E-state index contributed by atoms with van der Waals surface area (Å²) in [5.41, 5.74) is 1.18. The van der Waals surface area contributed by atoms with Crippen molar-refractivity contribution in [1.29, 1.82) is 0 Å². The summed E-state index contributed by atoms with van der Waals surface area (Å²) in [5, 5.41) is 38.1. The van der Waals surface area contributed by atoms with E-state index >= 15 is 0 Å². The summed E-state index contributed by atoms with van der Waals surface area (Å²) < 4.78 is 16.7. The van der Waals surface area contributed by atoms with Crippen LogP contribution in [-0.2, 0) is 4.74 Å². The SMILES string of the molecule is CC(CO)O[C@@H](Oc1ccc2nc3ccc(=O)cc-3oc2c1)C(O)C(O)CO. The van der Waals surface area contributed by atoms with Crippen LogP contribution in [0.5, 0.6) is 5.75 Å². The molecular weight excluding hydrogens is 370 g/mol. The number of fused-ring (bicyclic) bond motifs is 2. The van der Waals surface area contributed by atoms with Crippen molar-refractivity contribution in [2.45, 2.75) is 31.5 Å². The molecule has 150 valence electrons. The summed E-state index contributed by atoms with van der Waals surface area (Å²) in [4.78, 5) is 15.9. The fraction of sp³-hybridized carbons (Fsp3) is 0.368. The molecule has 3 rings (SSSR count). The fourth-order valence-corrected chi connectivity index (χ4v) is 2.53. The highest BCUT2D eigenvalue weighted by Crippen LogP contribution is 2.27. The summed E-state index contributed by atoms with van der Waals surface area (Å²) in [7, 11) is 0. The summed E-state index contributed by atoms with van der Waals surface area (Å²) in [6, 6.07) is 8.98. The van der Waals surface area contributed by atoms with E-state index in [9.17, 15) is 15.0 Å². The molecule has 9 heteroatoms. The van der Waals surface area contributed by atoms with Crippen molar-refractivity contribution in [2.24, 2.45) is 0 Å². The molecule has 4 atom stereocenters. The van der Waals surface area contributed by atoms with Crippen LogP contribution < -0.4 is 10.2 Å². The molecule has 1 heterocycles. The molecular formula is C19H21NO8. The Morgan fingerprint density at radius 3 is 2.61 bits per heavy atom. The molecule has 0 spiro atoms. The van der Waals surface area contributed by atoms with Gasteiger partial charge in [0.2, 0.25) is 6.29 Å². The standard InChI is InChI=1S/C19H21NO8/c1-10(8-21)26-19(18(25)15(24)9-22)27-12-3-5-14-17(7-12)28-16-6-11(23)2-4-13(16)20-14/h2-7,10,15,18-19,21-22,24-25H,8-9H2,1H3/t10?,15?,18?,19-/m0/s1. The molecule has 0 radical (unpaired) electrons. The average Bonchev–Trinajstić information content (AvgIpc) is 2.70. The summed E-state index contributed by atoms with van der Waals surface area (Å²) in [6.07, 6.45) is -5.10. The van der Waals surface area contributed by atoms with E-state index in [0.29, 0.717) is 22.6 Å². The minimum absolute atomic E-state index is 0.211. The highest BCUT2D eigenvalue weighted by atomic mass is 16.7. The Morgan fingerprint density at radius 2 is 1.89 bits per heavy atom. The monoisotopic (exact) mass is 391 g/mol. The Hall–Kier alpha value is -2.56. The molecule has 28 heavy (non-hydrogen) atoms. The van der Waals surface area contributed by atoms with E-state index in [0.717, 1.165) is 0 Å². The maximum absolute atomic E-state index is 11.5. The number of benzene rings is 2. The molecule has 9 nitrogen and oxygen atoms in total. The highest BCUT2D eigenvalue weighted by molar-refractivity contribution is 5.77. The summed E-state index contributed by atoms with van der Waals surface area (Å²) in [6.45, 7) is 0.529. The van der Waals surface area contributed by atoms with Gasteiger partial charge >= 0.3 is 0 Å². The van der Waals surface area contributed by atoms with E-state index in [1.54, 1.807) is 25.1 Å². The Labute approximate surface area is 159 Å². The van der Waals surface area contributed by atoms with Crippen molar-refractivity contribution >= 4 is 11.1 Å². The van der Waals surface area contributed by atoms with Crippen molar-refractivity contribution in [1.82, 2.24) is 4.98 Å². The van der Waals surface area contributed by atoms with Gasteiger partial charge in [0.25, 0.3) is 0 Å². The second-order valence-corrected chi connectivity index (χ2v) is 6.33. The van der Waals surface area contributed by atoms with Gasteiger partial charge in [0.05, 0.1) is 19.3 Å². The fourth-order valence-electron chi connectivity index (χ4n) is 2.53. The van der Waals surface area contributed by atoms with E-state index in [-0.39, 0.29) is 17.8 Å². The van der Waals surface area contributed by atoms with Crippen molar-refractivity contribution in [3.8, 4) is 17.2 Å². The van der Waals surface area contributed by atoms with Crippen LogP contribution in [0.15, 0.2) is 45.6 Å². The molecule has 0 aromatic heterocycles. The lowest BCUT2D eigenvalue weighted by Gasteiger charge is -2.28. The molecule has 0 amide bonds. The van der Waals surface area contributed by atoms with Gasteiger partial charge in [0.1, 0.15) is 29.2 Å². The van der Waals surface area contributed by atoms with Crippen molar-refractivity contribution in [3.05, 3.63) is 46.6 Å². The zero-order valence-electron chi connectivity index (χ0n) is 15.1. The molecule has 0 bridgehead atoms. The number of aliphatic hydroxyl groups is 4. The number of ether oxygens (including phenoxy) is 2. The van der Waals surface area contributed by atoms with Crippen LogP contribution in [0.4, 0.5) is 0 Å². The maximum atomic E-state index is 11.5. The number of rotatable bonds is 8. The Balaban J connectivity index is 1.92. The molecule has 1 aliphatic heterocycles. The Kier molecular flexibility index (Phi) is 6.22. The topological polar surface area (TPSA) is 142 Å². The van der Waals surface area contributed by atoms with Crippen molar-refractivity contribution in [2.75, 3.05) is 13.2 Å². The minimum Gasteiger partial charge on any atom is -0.462 e. The molecule has 2 aliphatic rings. The second kappa shape index (κ2) is 8.63. The van der Waals surface area contributed by atoms with E-state index in [1.165, 1.54) is 18.2 Å². The van der Waals surface area contributed by atoms with Gasteiger partial charge in [0, 0.05) is 12.1 Å². The Bertz CT molecular complexity index is 958. The van der Waals surface area contributed by atoms with E-state index in [2.05, 4.69) is 4.98 Å². The van der Waals surface area contributed by atoms with Gasteiger partial charge in [-0.05, 0) is 31.2 Å². The van der Waals surface area contributed by atoms with Gasteiger partial charge in [-0.25, -0.2) is 4.98 Å². The van der Waals surface area contributed by atoms with Crippen LogP contribution in [-0.4, -0.2) is 63.2 Å². The number of hydrogen-bond donors (Lipinski definition) is 4. The zero-order valence-corrected chi connectivity index (χ0v) is 15.1. The minimum atomic E-state index is -1.57. The molecule has 3 unspecified atom stereocenters. The predicted molar refractivity (Wildman–Crippen MR) is 98.0 cm³/mol. The molecule has 1 aromatic rings. The lowest BCUT2D eigenvalue weighted by Crippen LogP contribution is -2.46. The van der Waals surface area contributed by atoms with Crippen LogP contribution in [0.3, 0.4) is 0 Å². The largest absolute Gasteiger partial charge is 0.462 e. The van der Waals surface area contributed by atoms with Gasteiger partial charge in [-0.2, -0.15) is 0 Å².